The van der Waals surface area contributed by atoms with E-state index in [0.29, 0.717) is 25.7 Å². The molecule has 6 nitrogen and oxygen atoms in total. The van der Waals surface area contributed by atoms with Crippen LogP contribution in [0.1, 0.15) is 271 Å². The molecule has 0 aromatic carbocycles. The van der Waals surface area contributed by atoms with Crippen LogP contribution in [-0.2, 0) is 28.6 Å². The smallest absolute Gasteiger partial charge is 0.306 e. The fourth-order valence-corrected chi connectivity index (χ4v) is 8.48. The van der Waals surface area contributed by atoms with Crippen molar-refractivity contribution in [2.24, 2.45) is 0 Å². The molecule has 1 unspecified atom stereocenters. The second-order valence-corrected chi connectivity index (χ2v) is 20.9. The Morgan fingerprint density at radius 2 is 0.487 bits per heavy atom. The first-order valence-electron chi connectivity index (χ1n) is 32.5. The number of esters is 3. The number of rotatable bonds is 57. The molecule has 0 aliphatic carbocycles. The van der Waals surface area contributed by atoms with Crippen LogP contribution >= 0.6 is 0 Å². The summed E-state index contributed by atoms with van der Waals surface area (Å²) in [5.41, 5.74) is 0. The quantitative estimate of drug-likeness (QED) is 0.0261. The van der Waals surface area contributed by atoms with Gasteiger partial charge in [0.2, 0.25) is 0 Å². The van der Waals surface area contributed by atoms with Crippen LogP contribution in [0.15, 0.2) is 158 Å². The van der Waals surface area contributed by atoms with E-state index in [9.17, 15) is 14.4 Å². The van der Waals surface area contributed by atoms with Crippen LogP contribution in [0.2, 0.25) is 0 Å². The van der Waals surface area contributed by atoms with Gasteiger partial charge in [-0.2, -0.15) is 0 Å². The minimum absolute atomic E-state index is 0.102. The largest absolute Gasteiger partial charge is 0.462 e. The molecule has 0 spiro atoms. The van der Waals surface area contributed by atoms with Crippen molar-refractivity contribution in [2.75, 3.05) is 13.2 Å². The van der Waals surface area contributed by atoms with Crippen molar-refractivity contribution in [1.82, 2.24) is 0 Å². The minimum atomic E-state index is -0.811. The van der Waals surface area contributed by atoms with E-state index in [0.717, 1.165) is 154 Å². The van der Waals surface area contributed by atoms with E-state index in [1.54, 1.807) is 0 Å². The van der Waals surface area contributed by atoms with Crippen molar-refractivity contribution in [3.63, 3.8) is 0 Å². The fraction of sp³-hybridized carbons (Fsp3) is 0.608. The molecule has 1 atom stereocenters. The molecule has 0 aliphatic heterocycles. The standard InChI is InChI=1S/C74H118O6/c1-4-7-10-13-16-19-22-25-28-29-30-31-32-33-34-35-36-37-38-39-40-41-42-43-44-45-47-49-52-55-58-61-64-67-73(76)79-70-71(69-78-72(75)66-63-60-57-54-51-48-27-24-21-18-15-12-9-6-3)80-74(77)68-65-62-59-56-53-50-46-26-23-20-17-14-11-8-5-2/h7-8,10-11,16-17,19-20,25-26,28,30-31,33-34,36-37,39-40,42-43,45-47,52,55,71H,4-6,9,12-15,18,21-24,27,29,32,35,38,41,44,48-51,53-54,56-70H2,1-3H3/b10-7-,11-8-,19-16-,20-17-,28-25-,31-30-,34-33-,37-36-,40-39-,43-42-,46-26-,47-45-,55-52-. The van der Waals surface area contributed by atoms with E-state index < -0.39 is 6.10 Å². The first kappa shape index (κ1) is 75.0. The van der Waals surface area contributed by atoms with Crippen LogP contribution in [0.5, 0.6) is 0 Å². The summed E-state index contributed by atoms with van der Waals surface area (Å²) in [4.78, 5) is 38.3. The van der Waals surface area contributed by atoms with Gasteiger partial charge in [0, 0.05) is 19.3 Å². The lowest BCUT2D eigenvalue weighted by Gasteiger charge is -2.18. The van der Waals surface area contributed by atoms with Gasteiger partial charge in [-0.1, -0.05) is 281 Å². The van der Waals surface area contributed by atoms with Crippen LogP contribution in [0.3, 0.4) is 0 Å². The van der Waals surface area contributed by atoms with E-state index in [2.05, 4.69) is 179 Å². The summed E-state index contributed by atoms with van der Waals surface area (Å²) in [5, 5.41) is 0. The zero-order valence-corrected chi connectivity index (χ0v) is 51.5. The van der Waals surface area contributed by atoms with Crippen molar-refractivity contribution in [3.05, 3.63) is 158 Å². The zero-order valence-electron chi connectivity index (χ0n) is 51.5. The highest BCUT2D eigenvalue weighted by Gasteiger charge is 2.19. The molecule has 0 N–H and O–H groups in total. The van der Waals surface area contributed by atoms with Gasteiger partial charge in [-0.3, -0.25) is 14.4 Å². The van der Waals surface area contributed by atoms with Crippen LogP contribution in [0, 0.1) is 0 Å². The molecule has 0 fully saturated rings. The topological polar surface area (TPSA) is 78.9 Å². The van der Waals surface area contributed by atoms with Gasteiger partial charge in [-0.25, -0.2) is 0 Å². The summed E-state index contributed by atoms with van der Waals surface area (Å²) >= 11 is 0. The molecule has 0 saturated heterocycles. The summed E-state index contributed by atoms with van der Waals surface area (Å²) in [6.07, 6.45) is 96.8. The van der Waals surface area contributed by atoms with Gasteiger partial charge in [0.1, 0.15) is 13.2 Å². The van der Waals surface area contributed by atoms with Gasteiger partial charge in [0.15, 0.2) is 6.10 Å². The van der Waals surface area contributed by atoms with Crippen LogP contribution in [0.25, 0.3) is 0 Å². The zero-order chi connectivity index (χ0) is 57.8. The maximum atomic E-state index is 12.9. The molecule has 0 aliphatic rings. The van der Waals surface area contributed by atoms with Crippen molar-refractivity contribution in [3.8, 4) is 0 Å². The van der Waals surface area contributed by atoms with E-state index in [1.807, 2.05) is 0 Å². The molecule has 0 aromatic rings. The Morgan fingerprint density at radius 3 is 0.787 bits per heavy atom. The van der Waals surface area contributed by atoms with E-state index >= 15 is 0 Å². The van der Waals surface area contributed by atoms with Crippen molar-refractivity contribution >= 4 is 17.9 Å². The molecule has 0 saturated carbocycles. The van der Waals surface area contributed by atoms with Crippen molar-refractivity contribution < 1.29 is 28.6 Å². The first-order chi connectivity index (χ1) is 39.5. The van der Waals surface area contributed by atoms with Gasteiger partial charge in [0.25, 0.3) is 0 Å². The highest BCUT2D eigenvalue weighted by Crippen LogP contribution is 2.15. The number of allylic oxidation sites excluding steroid dienone is 26. The lowest BCUT2D eigenvalue weighted by atomic mass is 10.0. The molecule has 0 radical (unpaired) electrons. The molecular weight excluding hydrogens is 985 g/mol. The molecule has 0 heterocycles. The number of carbonyl (C=O) groups excluding carboxylic acids is 3. The van der Waals surface area contributed by atoms with Crippen LogP contribution in [0.4, 0.5) is 0 Å². The third-order valence-corrected chi connectivity index (χ3v) is 13.3. The summed E-state index contributed by atoms with van der Waals surface area (Å²) in [7, 11) is 0. The second-order valence-electron chi connectivity index (χ2n) is 20.9. The monoisotopic (exact) mass is 1100 g/mol. The highest BCUT2D eigenvalue weighted by molar-refractivity contribution is 5.71. The summed E-state index contributed by atoms with van der Waals surface area (Å²) in [5.74, 6) is -0.966. The third-order valence-electron chi connectivity index (χ3n) is 13.3. The Labute approximate surface area is 492 Å². The molecule has 0 rings (SSSR count). The van der Waals surface area contributed by atoms with Crippen molar-refractivity contribution in [1.29, 1.82) is 0 Å². The molecule has 0 aromatic heterocycles. The van der Waals surface area contributed by atoms with Gasteiger partial charge in [-0.05, 0) is 128 Å². The van der Waals surface area contributed by atoms with Crippen LogP contribution < -0.4 is 0 Å². The Balaban J connectivity index is 4.40. The Bertz CT molecular complexity index is 1790. The van der Waals surface area contributed by atoms with E-state index in [4.69, 9.17) is 14.2 Å². The Hall–Kier alpha value is -4.97. The maximum Gasteiger partial charge on any atom is 0.306 e. The van der Waals surface area contributed by atoms with Crippen molar-refractivity contribution in [2.45, 2.75) is 277 Å². The molecule has 0 amide bonds. The van der Waals surface area contributed by atoms with Gasteiger partial charge in [-0.15, -0.1) is 0 Å². The van der Waals surface area contributed by atoms with Gasteiger partial charge >= 0.3 is 17.9 Å². The molecular formula is C74H118O6. The summed E-state index contributed by atoms with van der Waals surface area (Å²) in [6, 6.07) is 0. The van der Waals surface area contributed by atoms with E-state index in [1.165, 1.54) is 70.6 Å². The molecule has 80 heavy (non-hydrogen) atoms. The molecule has 0 bridgehead atoms. The third kappa shape index (κ3) is 63.9. The fourth-order valence-electron chi connectivity index (χ4n) is 8.48. The summed E-state index contributed by atoms with van der Waals surface area (Å²) in [6.45, 7) is 6.36. The maximum absolute atomic E-state index is 12.9. The number of unbranched alkanes of at least 4 members (excludes halogenated alkanes) is 20. The Kier molecular flexibility index (Phi) is 62.4. The van der Waals surface area contributed by atoms with Gasteiger partial charge < -0.3 is 14.2 Å². The summed E-state index contributed by atoms with van der Waals surface area (Å²) < 4.78 is 16.9. The van der Waals surface area contributed by atoms with E-state index in [-0.39, 0.29) is 31.1 Å². The predicted molar refractivity (Wildman–Crippen MR) is 348 cm³/mol. The number of ether oxygens (including phenoxy) is 3. The molecule has 6 heteroatoms. The molecule has 450 valence electrons. The predicted octanol–water partition coefficient (Wildman–Crippen LogP) is 22.5. The lowest BCUT2D eigenvalue weighted by Crippen LogP contribution is -2.30. The highest BCUT2D eigenvalue weighted by atomic mass is 16.6. The first-order valence-corrected chi connectivity index (χ1v) is 32.5. The number of hydrogen-bond donors (Lipinski definition) is 0. The number of hydrogen-bond acceptors (Lipinski definition) is 6. The van der Waals surface area contributed by atoms with Crippen LogP contribution in [-0.4, -0.2) is 37.2 Å². The Morgan fingerprint density at radius 1 is 0.263 bits per heavy atom. The number of carbonyl (C=O) groups is 3. The second kappa shape index (κ2) is 66.5. The lowest BCUT2D eigenvalue weighted by molar-refractivity contribution is -0.167. The average molecular weight is 1100 g/mol. The normalized spacial score (nSPS) is 13.2. The average Bonchev–Trinajstić information content (AvgIpc) is 3.46. The SMILES string of the molecule is CC/C=C\C/C=C\C/C=C\C/C=C\C/C=C\C/C=C\C/C=C\C/C=C\C/C=C\C/C=C\CCCCC(=O)OCC(COC(=O)CCCCCCCCCCCCCCCC)OC(=O)CCCCCCC/C=C\C/C=C\C/C=C\CC. The van der Waals surface area contributed by atoms with Gasteiger partial charge in [0.05, 0.1) is 0 Å². The minimum Gasteiger partial charge on any atom is -0.462 e.